The lowest BCUT2D eigenvalue weighted by molar-refractivity contribution is -0.136. The Bertz CT molecular complexity index is 909. The number of nitrogens with zero attached hydrogens (tertiary/aromatic N) is 2. The minimum Gasteiger partial charge on any atom is -0.481 e. The van der Waals surface area contributed by atoms with Gasteiger partial charge in [0, 0.05) is 42.5 Å². The van der Waals surface area contributed by atoms with E-state index in [0.717, 1.165) is 0 Å². The summed E-state index contributed by atoms with van der Waals surface area (Å²) in [4.78, 5) is 10.8. The number of benzene rings is 1. The van der Waals surface area contributed by atoms with Crippen LogP contribution in [-0.2, 0) is 31.2 Å². The molecule has 0 spiro atoms. The van der Waals surface area contributed by atoms with E-state index in [-0.39, 0.29) is 31.9 Å². The van der Waals surface area contributed by atoms with Gasteiger partial charge in [0.2, 0.25) is 0 Å². The first kappa shape index (κ1) is 17.7. The minimum absolute atomic E-state index is 0.0752. The van der Waals surface area contributed by atoms with Gasteiger partial charge in [-0.15, -0.1) is 0 Å². The van der Waals surface area contributed by atoms with E-state index in [0.29, 0.717) is 16.2 Å². The lowest BCUT2D eigenvalue weighted by atomic mass is 9.94. The number of imidazole rings is 1. The van der Waals surface area contributed by atoms with Gasteiger partial charge < -0.3 is 14.2 Å². The SMILES string of the molecule is Cn1c(CCC(=O)O)c2n(c1=S)CC(c1c(F)c(F)cc(F)c1F)C2. The van der Waals surface area contributed by atoms with E-state index < -0.39 is 40.7 Å². The molecule has 25 heavy (non-hydrogen) atoms. The van der Waals surface area contributed by atoms with E-state index in [1.54, 1.807) is 16.2 Å². The molecule has 1 atom stereocenters. The van der Waals surface area contributed by atoms with Crippen molar-refractivity contribution in [2.75, 3.05) is 0 Å². The molecule has 1 aliphatic heterocycles. The van der Waals surface area contributed by atoms with E-state index >= 15 is 0 Å². The molecular formula is C16H14F4N2O2S. The average molecular weight is 374 g/mol. The minimum atomic E-state index is -1.44. The van der Waals surface area contributed by atoms with Crippen LogP contribution in [-0.4, -0.2) is 20.2 Å². The molecule has 0 saturated heterocycles. The van der Waals surface area contributed by atoms with Crippen molar-refractivity contribution in [2.24, 2.45) is 7.05 Å². The third-order valence-corrected chi connectivity index (χ3v) is 5.05. The van der Waals surface area contributed by atoms with Crippen LogP contribution in [0.1, 0.15) is 29.3 Å². The van der Waals surface area contributed by atoms with Crippen molar-refractivity contribution in [2.45, 2.75) is 31.7 Å². The van der Waals surface area contributed by atoms with Crippen LogP contribution in [0, 0.1) is 28.0 Å². The summed E-state index contributed by atoms with van der Waals surface area (Å²) in [5.41, 5.74) is 0.650. The molecule has 1 aliphatic rings. The van der Waals surface area contributed by atoms with Gasteiger partial charge in [0.05, 0.1) is 6.42 Å². The number of aliphatic carboxylic acids is 1. The number of rotatable bonds is 4. The predicted molar refractivity (Wildman–Crippen MR) is 82.9 cm³/mol. The number of carbonyl (C=O) groups is 1. The average Bonchev–Trinajstić information content (AvgIpc) is 3.04. The highest BCUT2D eigenvalue weighted by molar-refractivity contribution is 7.71. The third kappa shape index (κ3) is 2.86. The first-order valence-electron chi connectivity index (χ1n) is 7.54. The number of hydrogen-bond acceptors (Lipinski definition) is 2. The van der Waals surface area contributed by atoms with E-state index in [4.69, 9.17) is 17.3 Å². The molecule has 4 nitrogen and oxygen atoms in total. The standard InChI is InChI=1S/C16H14F4N2O2S/c1-21-10(2-3-12(23)24)11-4-7(6-22(11)16(21)25)13-14(19)8(17)5-9(18)15(13)20/h5,7H,2-4,6H2,1H3,(H,23,24). The molecule has 134 valence electrons. The fourth-order valence-corrected chi connectivity index (χ4v) is 3.67. The monoisotopic (exact) mass is 374 g/mol. The molecule has 2 heterocycles. The summed E-state index contributed by atoms with van der Waals surface area (Å²) in [6, 6.07) is 0.181. The van der Waals surface area contributed by atoms with Crippen LogP contribution in [0.25, 0.3) is 0 Å². The fourth-order valence-electron chi connectivity index (χ4n) is 3.38. The Morgan fingerprint density at radius 3 is 2.44 bits per heavy atom. The van der Waals surface area contributed by atoms with Gasteiger partial charge in [-0.25, -0.2) is 17.6 Å². The second-order valence-electron chi connectivity index (χ2n) is 6.02. The number of aromatic nitrogens is 2. The van der Waals surface area contributed by atoms with E-state index in [1.165, 1.54) is 0 Å². The molecule has 0 bridgehead atoms. The number of halogens is 4. The Labute approximate surface area is 145 Å². The van der Waals surface area contributed by atoms with Crippen molar-refractivity contribution in [1.82, 2.24) is 9.13 Å². The molecule has 0 amide bonds. The smallest absolute Gasteiger partial charge is 0.303 e. The van der Waals surface area contributed by atoms with Gasteiger partial charge in [-0.2, -0.15) is 0 Å². The summed E-state index contributed by atoms with van der Waals surface area (Å²) in [6.45, 7) is 0.0752. The number of carboxylic acids is 1. The lowest BCUT2D eigenvalue weighted by Gasteiger charge is -2.14. The Hall–Kier alpha value is -2.16. The highest BCUT2D eigenvalue weighted by Gasteiger charge is 2.34. The molecule has 0 saturated carbocycles. The molecule has 2 aromatic rings. The Morgan fingerprint density at radius 2 is 1.88 bits per heavy atom. The Balaban J connectivity index is 2.02. The molecule has 0 radical (unpaired) electrons. The van der Waals surface area contributed by atoms with Crippen molar-refractivity contribution in [3.8, 4) is 0 Å². The van der Waals surface area contributed by atoms with Crippen LogP contribution in [0.4, 0.5) is 17.6 Å². The summed E-state index contributed by atoms with van der Waals surface area (Å²) in [5.74, 6) is -7.49. The molecule has 1 N–H and O–H groups in total. The zero-order valence-electron chi connectivity index (χ0n) is 13.2. The van der Waals surface area contributed by atoms with Crippen molar-refractivity contribution in [3.63, 3.8) is 0 Å². The van der Waals surface area contributed by atoms with Crippen LogP contribution in [0.3, 0.4) is 0 Å². The van der Waals surface area contributed by atoms with Gasteiger partial charge in [0.1, 0.15) is 0 Å². The van der Waals surface area contributed by atoms with Gasteiger partial charge in [-0.3, -0.25) is 4.79 Å². The van der Waals surface area contributed by atoms with Gasteiger partial charge in [0.15, 0.2) is 28.0 Å². The maximum Gasteiger partial charge on any atom is 0.303 e. The van der Waals surface area contributed by atoms with Gasteiger partial charge in [-0.1, -0.05) is 0 Å². The first-order chi connectivity index (χ1) is 11.7. The van der Waals surface area contributed by atoms with Crippen molar-refractivity contribution in [3.05, 3.63) is 51.1 Å². The molecule has 9 heteroatoms. The largest absolute Gasteiger partial charge is 0.481 e. The van der Waals surface area contributed by atoms with Crippen LogP contribution < -0.4 is 0 Å². The predicted octanol–water partition coefficient (Wildman–Crippen LogP) is 3.47. The second-order valence-corrected chi connectivity index (χ2v) is 6.39. The van der Waals surface area contributed by atoms with E-state index in [1.807, 2.05) is 0 Å². The summed E-state index contributed by atoms with van der Waals surface area (Å²) in [5, 5.41) is 8.86. The van der Waals surface area contributed by atoms with Crippen LogP contribution in [0.5, 0.6) is 0 Å². The quantitative estimate of drug-likeness (QED) is 0.507. The summed E-state index contributed by atoms with van der Waals surface area (Å²) < 4.78 is 58.7. The molecule has 1 unspecified atom stereocenters. The van der Waals surface area contributed by atoms with Crippen LogP contribution in [0.15, 0.2) is 6.07 Å². The van der Waals surface area contributed by atoms with E-state index in [9.17, 15) is 22.4 Å². The van der Waals surface area contributed by atoms with Crippen molar-refractivity contribution >= 4 is 18.2 Å². The molecule has 3 rings (SSSR count). The maximum absolute atomic E-state index is 14.1. The van der Waals surface area contributed by atoms with Crippen LogP contribution in [0.2, 0.25) is 0 Å². The highest BCUT2D eigenvalue weighted by Crippen LogP contribution is 2.36. The topological polar surface area (TPSA) is 47.2 Å². The molecule has 1 aromatic carbocycles. The molecule has 0 fully saturated rings. The zero-order valence-corrected chi connectivity index (χ0v) is 14.0. The number of fused-ring (bicyclic) bond motifs is 1. The Morgan fingerprint density at radius 1 is 1.28 bits per heavy atom. The summed E-state index contributed by atoms with van der Waals surface area (Å²) in [7, 11) is 1.68. The number of carboxylic acid groups (broad SMARTS) is 1. The summed E-state index contributed by atoms with van der Waals surface area (Å²) in [6.07, 6.45) is 0.199. The first-order valence-corrected chi connectivity index (χ1v) is 7.95. The van der Waals surface area contributed by atoms with Crippen molar-refractivity contribution < 1.29 is 27.5 Å². The summed E-state index contributed by atoms with van der Waals surface area (Å²) >= 11 is 5.28. The van der Waals surface area contributed by atoms with Gasteiger partial charge >= 0.3 is 5.97 Å². The highest BCUT2D eigenvalue weighted by atomic mass is 32.1. The van der Waals surface area contributed by atoms with Gasteiger partial charge in [-0.05, 0) is 25.1 Å². The molecule has 0 aliphatic carbocycles. The third-order valence-electron chi connectivity index (χ3n) is 4.55. The van der Waals surface area contributed by atoms with Gasteiger partial charge in [0.25, 0.3) is 0 Å². The number of hydrogen-bond donors (Lipinski definition) is 1. The molecular weight excluding hydrogens is 360 g/mol. The Kier molecular flexibility index (Phi) is 4.44. The zero-order chi connectivity index (χ0) is 18.5. The second kappa shape index (κ2) is 6.29. The fraction of sp³-hybridized carbons (Fsp3) is 0.375. The van der Waals surface area contributed by atoms with Crippen LogP contribution >= 0.6 is 12.2 Å². The van der Waals surface area contributed by atoms with E-state index in [2.05, 4.69) is 0 Å². The maximum atomic E-state index is 14.1. The van der Waals surface area contributed by atoms with Crippen molar-refractivity contribution in [1.29, 1.82) is 0 Å². The molecule has 1 aromatic heterocycles. The lowest BCUT2D eigenvalue weighted by Crippen LogP contribution is -2.12. The normalized spacial score (nSPS) is 16.3.